The molecular weight excluding hydrogens is 435 g/mol. The number of ketones is 1. The van der Waals surface area contributed by atoms with E-state index in [0.717, 1.165) is 17.7 Å². The number of carbonyl (C=O) groups is 2. The fourth-order valence-corrected chi connectivity index (χ4v) is 3.79. The first-order chi connectivity index (χ1) is 15.5. The Labute approximate surface area is 188 Å². The summed E-state index contributed by atoms with van der Waals surface area (Å²) in [4.78, 5) is 32.1. The number of imidazole rings is 1. The molecule has 0 bridgehead atoms. The maximum atomic E-state index is 13.6. The monoisotopic (exact) mass is 457 g/mol. The number of carbonyl (C=O) groups excluding carboxylic acids is 2. The Kier molecular flexibility index (Phi) is 5.51. The van der Waals surface area contributed by atoms with Crippen LogP contribution >= 0.6 is 0 Å². The Morgan fingerprint density at radius 3 is 2.33 bits per heavy atom. The molecule has 33 heavy (non-hydrogen) atoms. The van der Waals surface area contributed by atoms with E-state index in [9.17, 15) is 22.8 Å². The molecule has 2 heterocycles. The predicted molar refractivity (Wildman–Crippen MR) is 116 cm³/mol. The number of anilines is 1. The zero-order valence-electron chi connectivity index (χ0n) is 18.3. The van der Waals surface area contributed by atoms with Gasteiger partial charge in [0.25, 0.3) is 0 Å². The van der Waals surface area contributed by atoms with E-state index in [1.165, 1.54) is 34.0 Å². The van der Waals surface area contributed by atoms with E-state index in [0.29, 0.717) is 11.4 Å². The number of amides is 1. The van der Waals surface area contributed by atoms with Crippen molar-refractivity contribution in [1.82, 2.24) is 9.55 Å². The van der Waals surface area contributed by atoms with Gasteiger partial charge in [-0.25, -0.2) is 9.78 Å². The summed E-state index contributed by atoms with van der Waals surface area (Å²) in [6.07, 6.45) is -1.96. The Morgan fingerprint density at radius 2 is 1.70 bits per heavy atom. The fraction of sp³-hybridized carbons (Fsp3) is 0.292. The van der Waals surface area contributed by atoms with E-state index in [1.807, 2.05) is 12.1 Å². The van der Waals surface area contributed by atoms with Crippen molar-refractivity contribution in [2.45, 2.75) is 45.0 Å². The second kappa shape index (κ2) is 8.06. The molecule has 0 radical (unpaired) electrons. The first kappa shape index (κ1) is 22.6. The van der Waals surface area contributed by atoms with Gasteiger partial charge in [-0.3, -0.25) is 14.3 Å². The summed E-state index contributed by atoms with van der Waals surface area (Å²) >= 11 is 0. The molecule has 0 spiro atoms. The third kappa shape index (κ3) is 4.48. The van der Waals surface area contributed by atoms with Crippen molar-refractivity contribution < 1.29 is 27.5 Å². The third-order valence-corrected chi connectivity index (χ3v) is 5.20. The number of halogens is 3. The van der Waals surface area contributed by atoms with Crippen molar-refractivity contribution in [2.75, 3.05) is 4.90 Å². The Hall–Kier alpha value is -3.62. The van der Waals surface area contributed by atoms with Gasteiger partial charge in [0.05, 0.1) is 11.3 Å². The summed E-state index contributed by atoms with van der Waals surface area (Å²) in [6, 6.07) is 10.7. The first-order valence-corrected chi connectivity index (χ1v) is 10.3. The molecule has 2 aromatic carbocycles. The van der Waals surface area contributed by atoms with Gasteiger partial charge in [-0.2, -0.15) is 13.2 Å². The number of rotatable bonds is 3. The highest BCUT2D eigenvalue weighted by Gasteiger charge is 2.42. The molecule has 1 aromatic heterocycles. The number of aromatic nitrogens is 2. The molecule has 1 unspecified atom stereocenters. The molecule has 4 rings (SSSR count). The lowest BCUT2D eigenvalue weighted by molar-refractivity contribution is -0.137. The Morgan fingerprint density at radius 1 is 1.03 bits per heavy atom. The summed E-state index contributed by atoms with van der Waals surface area (Å²) in [6.45, 7) is 5.21. The van der Waals surface area contributed by atoms with E-state index in [4.69, 9.17) is 4.74 Å². The quantitative estimate of drug-likeness (QED) is 0.492. The molecule has 0 saturated carbocycles. The standard InChI is InChI=1S/C24H22F3N3O3/c1-23(2,3)33-22(32)30-18-7-5-4-6-15(18)14-19(30)20(31)21-28-12-13-29(21)17-10-8-16(9-11-17)24(25,26)27/h4-13,19H,14H2,1-3H3. The van der Waals surface area contributed by atoms with E-state index in [2.05, 4.69) is 4.98 Å². The van der Waals surface area contributed by atoms with Crippen LogP contribution < -0.4 is 4.90 Å². The number of hydrogen-bond donors (Lipinski definition) is 0. The Balaban J connectivity index is 1.68. The summed E-state index contributed by atoms with van der Waals surface area (Å²) in [5, 5.41) is 0. The summed E-state index contributed by atoms with van der Waals surface area (Å²) in [7, 11) is 0. The largest absolute Gasteiger partial charge is 0.443 e. The maximum absolute atomic E-state index is 13.6. The van der Waals surface area contributed by atoms with Crippen LogP contribution in [-0.2, 0) is 17.3 Å². The average Bonchev–Trinajstić information content (AvgIpc) is 3.36. The molecule has 0 N–H and O–H groups in total. The molecule has 1 aliphatic rings. The highest BCUT2D eigenvalue weighted by Crippen LogP contribution is 2.35. The lowest BCUT2D eigenvalue weighted by atomic mass is 10.1. The van der Waals surface area contributed by atoms with Crippen LogP contribution in [-0.4, -0.2) is 33.1 Å². The molecule has 9 heteroatoms. The minimum atomic E-state index is -4.46. The van der Waals surface area contributed by atoms with Crippen LogP contribution in [0.25, 0.3) is 5.69 Å². The smallest absolute Gasteiger partial charge is 0.416 e. The zero-order valence-corrected chi connectivity index (χ0v) is 18.3. The normalized spacial score (nSPS) is 15.9. The fourth-order valence-electron chi connectivity index (χ4n) is 3.79. The van der Waals surface area contributed by atoms with Crippen LogP contribution in [0.2, 0.25) is 0 Å². The molecule has 0 fully saturated rings. The van der Waals surface area contributed by atoms with Gasteiger partial charge < -0.3 is 4.74 Å². The van der Waals surface area contributed by atoms with E-state index >= 15 is 0 Å². The van der Waals surface area contributed by atoms with Crippen LogP contribution in [0.15, 0.2) is 60.9 Å². The van der Waals surface area contributed by atoms with Crippen molar-refractivity contribution >= 4 is 17.6 Å². The minimum absolute atomic E-state index is 0.0149. The molecule has 1 aliphatic heterocycles. The van der Waals surface area contributed by atoms with Gasteiger partial charge >= 0.3 is 12.3 Å². The van der Waals surface area contributed by atoms with Crippen molar-refractivity contribution in [3.05, 3.63) is 77.9 Å². The van der Waals surface area contributed by atoms with E-state index < -0.39 is 35.3 Å². The van der Waals surface area contributed by atoms with Gasteiger partial charge in [-0.15, -0.1) is 0 Å². The van der Waals surface area contributed by atoms with Crippen molar-refractivity contribution in [2.24, 2.45) is 0 Å². The molecule has 1 amide bonds. The number of benzene rings is 2. The van der Waals surface area contributed by atoms with Crippen molar-refractivity contribution in [1.29, 1.82) is 0 Å². The molecule has 3 aromatic rings. The number of nitrogens with zero attached hydrogens (tertiary/aromatic N) is 3. The zero-order chi connectivity index (χ0) is 24.0. The van der Waals surface area contributed by atoms with Gasteiger partial charge in [0.1, 0.15) is 11.6 Å². The molecular formula is C24H22F3N3O3. The summed E-state index contributed by atoms with van der Waals surface area (Å²) in [5.41, 5.74) is 0.192. The SMILES string of the molecule is CC(C)(C)OC(=O)N1c2ccccc2CC1C(=O)c1nccn1-c1ccc(C(F)(F)F)cc1. The number of Topliss-reactive ketones (excluding diaryl/α,β-unsaturated/α-hetero) is 1. The summed E-state index contributed by atoms with van der Waals surface area (Å²) < 4.78 is 45.7. The van der Waals surface area contributed by atoms with Gasteiger partial charge in [0, 0.05) is 24.5 Å². The summed E-state index contributed by atoms with van der Waals surface area (Å²) in [5.74, 6) is -0.428. The van der Waals surface area contributed by atoms with Crippen LogP contribution in [0, 0.1) is 0 Å². The van der Waals surface area contributed by atoms with Gasteiger partial charge in [-0.05, 0) is 56.7 Å². The number of fused-ring (bicyclic) bond motifs is 1. The highest BCUT2D eigenvalue weighted by molar-refractivity contribution is 6.07. The second-order valence-corrected chi connectivity index (χ2v) is 8.73. The number of hydrogen-bond acceptors (Lipinski definition) is 4. The van der Waals surface area contributed by atoms with Gasteiger partial charge in [0.15, 0.2) is 5.82 Å². The first-order valence-electron chi connectivity index (χ1n) is 10.3. The van der Waals surface area contributed by atoms with Crippen LogP contribution in [0.5, 0.6) is 0 Å². The maximum Gasteiger partial charge on any atom is 0.416 e. The minimum Gasteiger partial charge on any atom is -0.443 e. The third-order valence-electron chi connectivity index (χ3n) is 5.20. The van der Waals surface area contributed by atoms with E-state index in [1.54, 1.807) is 32.9 Å². The van der Waals surface area contributed by atoms with Gasteiger partial charge in [0.2, 0.25) is 5.78 Å². The van der Waals surface area contributed by atoms with Crippen molar-refractivity contribution in [3.8, 4) is 5.69 Å². The molecule has 172 valence electrons. The lowest BCUT2D eigenvalue weighted by Crippen LogP contribution is -2.46. The number of alkyl halides is 3. The number of para-hydroxylation sites is 1. The molecule has 0 saturated heterocycles. The van der Waals surface area contributed by atoms with E-state index in [-0.39, 0.29) is 12.2 Å². The molecule has 1 atom stereocenters. The van der Waals surface area contributed by atoms with Crippen LogP contribution in [0.1, 0.15) is 42.5 Å². The van der Waals surface area contributed by atoms with Crippen molar-refractivity contribution in [3.63, 3.8) is 0 Å². The highest BCUT2D eigenvalue weighted by atomic mass is 19.4. The topological polar surface area (TPSA) is 64.4 Å². The van der Waals surface area contributed by atoms with Gasteiger partial charge in [-0.1, -0.05) is 18.2 Å². The average molecular weight is 457 g/mol. The second-order valence-electron chi connectivity index (χ2n) is 8.73. The predicted octanol–water partition coefficient (Wildman–Crippen LogP) is 5.44. The number of ether oxygens (including phenoxy) is 1. The molecule has 6 nitrogen and oxygen atoms in total. The Bertz CT molecular complexity index is 1190. The lowest BCUT2D eigenvalue weighted by Gasteiger charge is -2.28. The van der Waals surface area contributed by atoms with Crippen LogP contribution in [0.3, 0.4) is 0 Å². The van der Waals surface area contributed by atoms with Crippen LogP contribution in [0.4, 0.5) is 23.7 Å². The molecule has 0 aliphatic carbocycles.